The molecular weight excluding hydrogens is 220 g/mol. The maximum Gasteiger partial charge on any atom is 0.101 e. The zero-order valence-corrected chi connectivity index (χ0v) is 12.2. The van der Waals surface area contributed by atoms with Gasteiger partial charge in [0.2, 0.25) is 0 Å². The van der Waals surface area contributed by atoms with E-state index < -0.39 is 0 Å². The third-order valence-corrected chi connectivity index (χ3v) is 2.79. The van der Waals surface area contributed by atoms with Crippen molar-refractivity contribution in [3.63, 3.8) is 0 Å². The predicted molar refractivity (Wildman–Crippen MR) is 77.8 cm³/mol. The van der Waals surface area contributed by atoms with Crippen LogP contribution in [-0.4, -0.2) is 13.1 Å². The van der Waals surface area contributed by atoms with Gasteiger partial charge in [-0.2, -0.15) is 5.26 Å². The summed E-state index contributed by atoms with van der Waals surface area (Å²) in [5, 5.41) is 9.25. The first-order valence-corrected chi connectivity index (χ1v) is 6.69. The van der Waals surface area contributed by atoms with Crippen LogP contribution in [0.15, 0.2) is 18.2 Å². The summed E-state index contributed by atoms with van der Waals surface area (Å²) < 4.78 is 0. The molecule has 0 unspecified atom stereocenters. The van der Waals surface area contributed by atoms with Gasteiger partial charge in [-0.25, -0.2) is 0 Å². The van der Waals surface area contributed by atoms with Gasteiger partial charge >= 0.3 is 0 Å². The summed E-state index contributed by atoms with van der Waals surface area (Å²) in [7, 11) is 0. The van der Waals surface area contributed by atoms with Crippen LogP contribution in [0.2, 0.25) is 0 Å². The number of nitrogens with zero attached hydrogens (tertiary/aromatic N) is 2. The molecule has 18 heavy (non-hydrogen) atoms. The molecule has 0 fully saturated rings. The van der Waals surface area contributed by atoms with Crippen LogP contribution in [0, 0.1) is 30.1 Å². The van der Waals surface area contributed by atoms with Crippen LogP contribution in [-0.2, 0) is 0 Å². The second-order valence-corrected chi connectivity index (χ2v) is 5.83. The van der Waals surface area contributed by atoms with Crippen LogP contribution in [0.25, 0.3) is 0 Å². The third kappa shape index (κ3) is 4.07. The van der Waals surface area contributed by atoms with Gasteiger partial charge in [0, 0.05) is 13.1 Å². The Morgan fingerprint density at radius 1 is 1.11 bits per heavy atom. The van der Waals surface area contributed by atoms with Gasteiger partial charge in [-0.1, -0.05) is 33.8 Å². The molecule has 2 heteroatoms. The molecule has 0 aliphatic rings. The summed E-state index contributed by atoms with van der Waals surface area (Å²) in [6.07, 6.45) is 0. The summed E-state index contributed by atoms with van der Waals surface area (Å²) in [5.41, 5.74) is 3.07. The van der Waals surface area contributed by atoms with Gasteiger partial charge in [0.15, 0.2) is 0 Å². The van der Waals surface area contributed by atoms with E-state index in [0.717, 1.165) is 24.3 Å². The zero-order valence-electron chi connectivity index (χ0n) is 12.2. The first kappa shape index (κ1) is 14.6. The molecule has 0 saturated carbocycles. The van der Waals surface area contributed by atoms with Crippen molar-refractivity contribution >= 4 is 5.69 Å². The van der Waals surface area contributed by atoms with Gasteiger partial charge in [0.1, 0.15) is 6.07 Å². The molecule has 0 aliphatic carbocycles. The normalized spacial score (nSPS) is 10.8. The maximum absolute atomic E-state index is 9.25. The molecule has 0 aliphatic heterocycles. The highest BCUT2D eigenvalue weighted by molar-refractivity contribution is 5.60. The van der Waals surface area contributed by atoms with Crippen LogP contribution < -0.4 is 4.90 Å². The minimum absolute atomic E-state index is 0.593. The smallest absolute Gasteiger partial charge is 0.101 e. The fourth-order valence-corrected chi connectivity index (χ4v) is 2.15. The number of aryl methyl sites for hydroxylation is 1. The molecule has 0 N–H and O–H groups in total. The lowest BCUT2D eigenvalue weighted by atomic mass is 10.1. The monoisotopic (exact) mass is 244 g/mol. The molecule has 0 bridgehead atoms. The molecule has 0 spiro atoms. The zero-order chi connectivity index (χ0) is 13.7. The first-order chi connectivity index (χ1) is 8.43. The molecule has 0 radical (unpaired) electrons. The van der Waals surface area contributed by atoms with E-state index in [1.54, 1.807) is 0 Å². The second-order valence-electron chi connectivity index (χ2n) is 5.83. The van der Waals surface area contributed by atoms with Crippen molar-refractivity contribution in [1.29, 1.82) is 5.26 Å². The molecule has 0 saturated heterocycles. The van der Waals surface area contributed by atoms with Crippen molar-refractivity contribution < 1.29 is 0 Å². The van der Waals surface area contributed by atoms with Crippen molar-refractivity contribution in [1.82, 2.24) is 0 Å². The Balaban J connectivity index is 3.11. The minimum Gasteiger partial charge on any atom is -0.370 e. The van der Waals surface area contributed by atoms with Gasteiger partial charge in [0.05, 0.1) is 11.3 Å². The third-order valence-electron chi connectivity index (χ3n) is 2.79. The SMILES string of the molecule is Cc1ccc(C#N)c(N(CC(C)C)CC(C)C)c1. The van der Waals surface area contributed by atoms with Gasteiger partial charge < -0.3 is 4.90 Å². The summed E-state index contributed by atoms with van der Waals surface area (Å²) in [5.74, 6) is 1.19. The van der Waals surface area contributed by atoms with Gasteiger partial charge in [-0.15, -0.1) is 0 Å². The van der Waals surface area contributed by atoms with Crippen LogP contribution >= 0.6 is 0 Å². The molecule has 0 heterocycles. The lowest BCUT2D eigenvalue weighted by Crippen LogP contribution is -2.32. The van der Waals surface area contributed by atoms with Crippen molar-refractivity contribution in [2.24, 2.45) is 11.8 Å². The lowest BCUT2D eigenvalue weighted by Gasteiger charge is -2.29. The Morgan fingerprint density at radius 3 is 2.11 bits per heavy atom. The quantitative estimate of drug-likeness (QED) is 0.783. The van der Waals surface area contributed by atoms with Crippen molar-refractivity contribution in [2.75, 3.05) is 18.0 Å². The Morgan fingerprint density at radius 2 is 1.67 bits per heavy atom. The fraction of sp³-hybridized carbons (Fsp3) is 0.562. The molecule has 1 rings (SSSR count). The van der Waals surface area contributed by atoms with E-state index in [4.69, 9.17) is 0 Å². The van der Waals surface area contributed by atoms with Crippen LogP contribution in [0.3, 0.4) is 0 Å². The van der Waals surface area contributed by atoms with E-state index in [0.29, 0.717) is 11.8 Å². The van der Waals surface area contributed by atoms with Gasteiger partial charge in [0.25, 0.3) is 0 Å². The van der Waals surface area contributed by atoms with Gasteiger partial charge in [-0.3, -0.25) is 0 Å². The van der Waals surface area contributed by atoms with E-state index in [1.165, 1.54) is 5.56 Å². The molecule has 98 valence electrons. The highest BCUT2D eigenvalue weighted by Crippen LogP contribution is 2.23. The topological polar surface area (TPSA) is 27.0 Å². The van der Waals surface area contributed by atoms with Crippen molar-refractivity contribution in [2.45, 2.75) is 34.6 Å². The fourth-order valence-electron chi connectivity index (χ4n) is 2.15. The summed E-state index contributed by atoms with van der Waals surface area (Å²) in [6.45, 7) is 12.9. The lowest BCUT2D eigenvalue weighted by molar-refractivity contribution is 0.552. The van der Waals surface area contributed by atoms with Crippen LogP contribution in [0.5, 0.6) is 0 Å². The van der Waals surface area contributed by atoms with E-state index in [2.05, 4.69) is 51.7 Å². The average molecular weight is 244 g/mol. The number of hydrogen-bond donors (Lipinski definition) is 0. The highest BCUT2D eigenvalue weighted by atomic mass is 15.1. The summed E-state index contributed by atoms with van der Waals surface area (Å²) in [6, 6.07) is 8.37. The number of anilines is 1. The number of nitriles is 1. The van der Waals surface area contributed by atoms with E-state index >= 15 is 0 Å². The largest absolute Gasteiger partial charge is 0.370 e. The van der Waals surface area contributed by atoms with E-state index in [1.807, 2.05) is 12.1 Å². The van der Waals surface area contributed by atoms with E-state index in [9.17, 15) is 5.26 Å². The Hall–Kier alpha value is -1.49. The molecule has 0 aromatic heterocycles. The molecule has 1 aromatic carbocycles. The Bertz CT molecular complexity index is 417. The van der Waals surface area contributed by atoms with Crippen molar-refractivity contribution in [3.8, 4) is 6.07 Å². The average Bonchev–Trinajstić information content (AvgIpc) is 2.26. The number of benzene rings is 1. The standard InChI is InChI=1S/C16H24N2/c1-12(2)10-18(11-13(3)4)16-8-14(5)6-7-15(16)9-17/h6-8,12-13H,10-11H2,1-5H3. The van der Waals surface area contributed by atoms with Gasteiger partial charge in [-0.05, 0) is 36.5 Å². The van der Waals surface area contributed by atoms with E-state index in [-0.39, 0.29) is 0 Å². The minimum atomic E-state index is 0.593. The molecule has 0 atom stereocenters. The van der Waals surface area contributed by atoms with Crippen LogP contribution in [0.1, 0.15) is 38.8 Å². The Labute approximate surface area is 111 Å². The second kappa shape index (κ2) is 6.44. The summed E-state index contributed by atoms with van der Waals surface area (Å²) in [4.78, 5) is 2.35. The molecular formula is C16H24N2. The first-order valence-electron chi connectivity index (χ1n) is 6.69. The predicted octanol–water partition coefficient (Wildman–Crippen LogP) is 3.99. The molecule has 2 nitrogen and oxygen atoms in total. The van der Waals surface area contributed by atoms with Crippen LogP contribution in [0.4, 0.5) is 5.69 Å². The number of rotatable bonds is 5. The maximum atomic E-state index is 9.25. The highest BCUT2D eigenvalue weighted by Gasteiger charge is 2.14. The molecule has 0 amide bonds. The Kier molecular flexibility index (Phi) is 5.22. The summed E-state index contributed by atoms with van der Waals surface area (Å²) >= 11 is 0. The molecule has 1 aromatic rings. The number of hydrogen-bond acceptors (Lipinski definition) is 2. The van der Waals surface area contributed by atoms with Crippen molar-refractivity contribution in [3.05, 3.63) is 29.3 Å².